The summed E-state index contributed by atoms with van der Waals surface area (Å²) in [7, 11) is 0. The standard InChI is InChI=1S/C18H24Cl2N2O2/c1-12-16(19)9-13(10-17(12)20)18(23)21-14-4-6-22(7-5-14)11-15-3-2-8-24-15/h9-10,14-15H,2-8,11H2,1H3,(H,21,23)/t15-/m0/s1. The summed E-state index contributed by atoms with van der Waals surface area (Å²) < 4.78 is 5.70. The lowest BCUT2D eigenvalue weighted by Crippen LogP contribution is -2.46. The van der Waals surface area contributed by atoms with Crippen LogP contribution in [0, 0.1) is 6.92 Å². The number of ether oxygens (including phenoxy) is 1. The highest BCUT2D eigenvalue weighted by molar-refractivity contribution is 6.36. The first-order valence-corrected chi connectivity index (χ1v) is 9.39. The fraction of sp³-hybridized carbons (Fsp3) is 0.611. The Labute approximate surface area is 153 Å². The van der Waals surface area contributed by atoms with Crippen LogP contribution in [0.1, 0.15) is 41.6 Å². The number of carbonyl (C=O) groups is 1. The highest BCUT2D eigenvalue weighted by Crippen LogP contribution is 2.26. The van der Waals surface area contributed by atoms with E-state index in [2.05, 4.69) is 10.2 Å². The first-order valence-electron chi connectivity index (χ1n) is 8.63. The maximum atomic E-state index is 12.4. The molecule has 0 aromatic heterocycles. The Morgan fingerprint density at radius 2 is 1.92 bits per heavy atom. The number of hydrogen-bond acceptors (Lipinski definition) is 3. The number of halogens is 2. The molecule has 0 radical (unpaired) electrons. The van der Waals surface area contributed by atoms with Crippen molar-refractivity contribution in [1.82, 2.24) is 10.2 Å². The summed E-state index contributed by atoms with van der Waals surface area (Å²) in [5.74, 6) is -0.101. The van der Waals surface area contributed by atoms with E-state index in [9.17, 15) is 4.79 Å². The van der Waals surface area contributed by atoms with Crippen LogP contribution in [0.5, 0.6) is 0 Å². The van der Waals surface area contributed by atoms with E-state index in [1.54, 1.807) is 12.1 Å². The number of rotatable bonds is 4. The quantitative estimate of drug-likeness (QED) is 0.878. The van der Waals surface area contributed by atoms with Crippen molar-refractivity contribution in [3.8, 4) is 0 Å². The van der Waals surface area contributed by atoms with Crippen molar-refractivity contribution in [1.29, 1.82) is 0 Å². The Kier molecular flexibility index (Phi) is 6.03. The molecule has 4 nitrogen and oxygen atoms in total. The third-order valence-electron chi connectivity index (χ3n) is 4.95. The van der Waals surface area contributed by atoms with Gasteiger partial charge in [-0.25, -0.2) is 0 Å². The van der Waals surface area contributed by atoms with Crippen molar-refractivity contribution < 1.29 is 9.53 Å². The van der Waals surface area contributed by atoms with E-state index in [1.807, 2.05) is 6.92 Å². The molecule has 1 atom stereocenters. The van der Waals surface area contributed by atoms with Gasteiger partial charge >= 0.3 is 0 Å². The number of hydrogen-bond donors (Lipinski definition) is 1. The van der Waals surface area contributed by atoms with Crippen molar-refractivity contribution in [2.24, 2.45) is 0 Å². The minimum absolute atomic E-state index is 0.101. The molecular weight excluding hydrogens is 347 g/mol. The maximum absolute atomic E-state index is 12.4. The minimum atomic E-state index is -0.101. The van der Waals surface area contributed by atoms with Crippen LogP contribution in [-0.2, 0) is 4.74 Å². The van der Waals surface area contributed by atoms with Crippen molar-refractivity contribution in [2.75, 3.05) is 26.2 Å². The first kappa shape index (κ1) is 18.0. The number of benzene rings is 1. The average molecular weight is 371 g/mol. The van der Waals surface area contributed by atoms with Gasteiger partial charge < -0.3 is 15.0 Å². The zero-order valence-electron chi connectivity index (χ0n) is 14.0. The SMILES string of the molecule is Cc1c(Cl)cc(C(=O)NC2CCN(C[C@@H]3CCCO3)CC2)cc1Cl. The number of amides is 1. The van der Waals surface area contributed by atoms with E-state index in [0.717, 1.165) is 44.6 Å². The van der Waals surface area contributed by atoms with Gasteiger partial charge in [0.2, 0.25) is 0 Å². The van der Waals surface area contributed by atoms with E-state index in [-0.39, 0.29) is 11.9 Å². The highest BCUT2D eigenvalue weighted by Gasteiger charge is 2.25. The molecule has 24 heavy (non-hydrogen) atoms. The molecule has 0 unspecified atom stereocenters. The summed E-state index contributed by atoms with van der Waals surface area (Å²) in [4.78, 5) is 14.9. The van der Waals surface area contributed by atoms with Gasteiger partial charge in [-0.3, -0.25) is 4.79 Å². The van der Waals surface area contributed by atoms with E-state index in [0.29, 0.717) is 21.7 Å². The van der Waals surface area contributed by atoms with Crippen molar-refractivity contribution >= 4 is 29.1 Å². The van der Waals surface area contributed by atoms with Crippen molar-refractivity contribution in [3.05, 3.63) is 33.3 Å². The van der Waals surface area contributed by atoms with Gasteiger partial charge in [0.05, 0.1) is 6.10 Å². The number of piperidine rings is 1. The van der Waals surface area contributed by atoms with Crippen LogP contribution in [0.2, 0.25) is 10.0 Å². The van der Waals surface area contributed by atoms with Gasteiger partial charge in [0, 0.05) is 47.9 Å². The first-order chi connectivity index (χ1) is 11.5. The van der Waals surface area contributed by atoms with Gasteiger partial charge in [-0.2, -0.15) is 0 Å². The molecule has 2 heterocycles. The Balaban J connectivity index is 1.49. The predicted molar refractivity (Wildman–Crippen MR) is 97.1 cm³/mol. The summed E-state index contributed by atoms with van der Waals surface area (Å²) in [5, 5.41) is 4.16. The van der Waals surface area contributed by atoms with Crippen LogP contribution < -0.4 is 5.32 Å². The topological polar surface area (TPSA) is 41.6 Å². The van der Waals surface area contributed by atoms with Crippen LogP contribution in [0.3, 0.4) is 0 Å². The van der Waals surface area contributed by atoms with Crippen molar-refractivity contribution in [2.45, 2.75) is 44.8 Å². The number of nitrogens with zero attached hydrogens (tertiary/aromatic N) is 1. The molecule has 1 N–H and O–H groups in total. The van der Waals surface area contributed by atoms with Gasteiger partial charge in [0.1, 0.15) is 0 Å². The maximum Gasteiger partial charge on any atom is 0.251 e. The molecule has 2 saturated heterocycles. The predicted octanol–water partition coefficient (Wildman–Crippen LogP) is 3.68. The lowest BCUT2D eigenvalue weighted by molar-refractivity contribution is 0.0613. The Morgan fingerprint density at radius 1 is 1.25 bits per heavy atom. The van der Waals surface area contributed by atoms with Gasteiger partial charge in [-0.05, 0) is 50.3 Å². The second kappa shape index (κ2) is 8.05. The van der Waals surface area contributed by atoms with Gasteiger partial charge in [-0.1, -0.05) is 23.2 Å². The minimum Gasteiger partial charge on any atom is -0.377 e. The third-order valence-corrected chi connectivity index (χ3v) is 5.74. The molecule has 2 aliphatic heterocycles. The molecule has 1 aromatic rings. The van der Waals surface area contributed by atoms with E-state index in [4.69, 9.17) is 27.9 Å². The molecule has 0 bridgehead atoms. The zero-order valence-corrected chi connectivity index (χ0v) is 15.5. The lowest BCUT2D eigenvalue weighted by atomic mass is 10.0. The second-order valence-corrected chi connectivity index (χ2v) is 7.56. The molecule has 3 rings (SSSR count). The molecule has 0 aliphatic carbocycles. The van der Waals surface area contributed by atoms with E-state index < -0.39 is 0 Å². The normalized spacial score (nSPS) is 22.7. The van der Waals surface area contributed by atoms with Crippen molar-refractivity contribution in [3.63, 3.8) is 0 Å². The second-order valence-electron chi connectivity index (χ2n) is 6.75. The number of carbonyl (C=O) groups excluding carboxylic acids is 1. The average Bonchev–Trinajstić information content (AvgIpc) is 3.07. The van der Waals surface area contributed by atoms with E-state index in [1.165, 1.54) is 12.8 Å². The largest absolute Gasteiger partial charge is 0.377 e. The Hall–Kier alpha value is -0.810. The molecule has 2 fully saturated rings. The summed E-state index contributed by atoms with van der Waals surface area (Å²) in [5.41, 5.74) is 1.33. The summed E-state index contributed by atoms with van der Waals surface area (Å²) in [6.07, 6.45) is 4.68. The zero-order chi connectivity index (χ0) is 17.1. The van der Waals surface area contributed by atoms with Crippen LogP contribution in [0.25, 0.3) is 0 Å². The number of nitrogens with one attached hydrogen (secondary N) is 1. The molecule has 0 spiro atoms. The summed E-state index contributed by atoms with van der Waals surface area (Å²) in [6.45, 7) is 5.76. The van der Waals surface area contributed by atoms with Crippen LogP contribution in [0.4, 0.5) is 0 Å². The van der Waals surface area contributed by atoms with Gasteiger partial charge in [0.25, 0.3) is 5.91 Å². The van der Waals surface area contributed by atoms with E-state index >= 15 is 0 Å². The summed E-state index contributed by atoms with van der Waals surface area (Å²) >= 11 is 12.2. The molecule has 1 aromatic carbocycles. The van der Waals surface area contributed by atoms with Gasteiger partial charge in [0.15, 0.2) is 0 Å². The van der Waals surface area contributed by atoms with Crippen LogP contribution in [0.15, 0.2) is 12.1 Å². The molecule has 6 heteroatoms. The summed E-state index contributed by atoms with van der Waals surface area (Å²) in [6, 6.07) is 3.58. The van der Waals surface area contributed by atoms with Crippen LogP contribution >= 0.6 is 23.2 Å². The molecule has 1 amide bonds. The van der Waals surface area contributed by atoms with Gasteiger partial charge in [-0.15, -0.1) is 0 Å². The molecule has 132 valence electrons. The fourth-order valence-electron chi connectivity index (χ4n) is 3.38. The smallest absolute Gasteiger partial charge is 0.251 e. The molecule has 0 saturated carbocycles. The van der Waals surface area contributed by atoms with Crippen LogP contribution in [-0.4, -0.2) is 49.2 Å². The third kappa shape index (κ3) is 4.42. The monoisotopic (exact) mass is 370 g/mol. The lowest BCUT2D eigenvalue weighted by Gasteiger charge is -2.33. The Bertz CT molecular complexity index is 572. The number of likely N-dealkylation sites (tertiary alicyclic amines) is 1. The fourth-order valence-corrected chi connectivity index (χ4v) is 3.87. The highest BCUT2D eigenvalue weighted by atomic mass is 35.5. The Morgan fingerprint density at radius 3 is 2.50 bits per heavy atom. The molecule has 2 aliphatic rings. The molecular formula is C18H24Cl2N2O2.